The van der Waals surface area contributed by atoms with Gasteiger partial charge in [-0.05, 0) is 79.8 Å². The minimum Gasteiger partial charge on any atom is -0.457 e. The fourth-order valence-electron chi connectivity index (χ4n) is 2.55. The Labute approximate surface area is 120 Å². The summed E-state index contributed by atoms with van der Waals surface area (Å²) in [6, 6.07) is 10.2. The van der Waals surface area contributed by atoms with E-state index in [1.165, 1.54) is 11.1 Å². The molecular weight excluding hydrogens is 248 g/mol. The fraction of sp³-hybridized carbons (Fsp3) is 0.278. The number of hydrogen-bond donors (Lipinski definition) is 0. The summed E-state index contributed by atoms with van der Waals surface area (Å²) in [5.41, 5.74) is 5.65. The Balaban J connectivity index is 2.32. The molecule has 0 aliphatic heterocycles. The third kappa shape index (κ3) is 3.27. The molecule has 2 rings (SSSR count). The number of aryl methyl sites for hydroxylation is 4. The molecule has 0 aromatic heterocycles. The van der Waals surface area contributed by atoms with Crippen LogP contribution in [0.15, 0.2) is 30.3 Å². The molecular formula is C18H20O2. The normalized spacial score (nSPS) is 10.4. The molecule has 0 saturated carbocycles. The van der Waals surface area contributed by atoms with Crippen LogP contribution in [0.25, 0.3) is 0 Å². The van der Waals surface area contributed by atoms with Crippen molar-refractivity contribution >= 4 is 6.29 Å². The van der Waals surface area contributed by atoms with Crippen LogP contribution in [0.2, 0.25) is 0 Å². The van der Waals surface area contributed by atoms with Gasteiger partial charge in [0.2, 0.25) is 0 Å². The van der Waals surface area contributed by atoms with Crippen LogP contribution < -0.4 is 4.74 Å². The number of hydrogen-bond acceptors (Lipinski definition) is 2. The molecule has 0 saturated heterocycles. The van der Waals surface area contributed by atoms with Crippen LogP contribution in [0.4, 0.5) is 0 Å². The molecule has 0 atom stereocenters. The third-order valence-electron chi connectivity index (χ3n) is 3.39. The van der Waals surface area contributed by atoms with E-state index in [4.69, 9.17) is 4.74 Å². The number of ether oxygens (including phenoxy) is 1. The summed E-state index contributed by atoms with van der Waals surface area (Å²) in [5, 5.41) is 0. The molecule has 0 aliphatic rings. The quantitative estimate of drug-likeness (QED) is 0.765. The minimum absolute atomic E-state index is 0.460. The second kappa shape index (κ2) is 5.91. The molecule has 104 valence electrons. The highest BCUT2D eigenvalue weighted by Crippen LogP contribution is 2.27. The summed E-state index contributed by atoms with van der Waals surface area (Å²) < 4.78 is 5.95. The van der Waals surface area contributed by atoms with E-state index in [1.54, 1.807) is 0 Å². The predicted molar refractivity (Wildman–Crippen MR) is 81.7 cm³/mol. The second-order valence-corrected chi connectivity index (χ2v) is 5.33. The molecule has 0 bridgehead atoms. The number of carbonyl (C=O) groups excluding carboxylic acids is 1. The van der Waals surface area contributed by atoms with Gasteiger partial charge in [-0.1, -0.05) is 6.07 Å². The van der Waals surface area contributed by atoms with Gasteiger partial charge >= 0.3 is 0 Å². The summed E-state index contributed by atoms with van der Waals surface area (Å²) in [6.45, 7) is 8.15. The standard InChI is InChI=1S/C18H20O2/c1-12-7-13(2)9-16(8-12)20-17-10-14(3)18(5-6-19)15(4)11-17/h6-11H,5H2,1-4H3. The van der Waals surface area contributed by atoms with Gasteiger partial charge in [0, 0.05) is 6.42 Å². The molecule has 20 heavy (non-hydrogen) atoms. The summed E-state index contributed by atoms with van der Waals surface area (Å²) in [6.07, 6.45) is 1.40. The average molecular weight is 268 g/mol. The lowest BCUT2D eigenvalue weighted by Crippen LogP contribution is -1.96. The van der Waals surface area contributed by atoms with E-state index in [0.29, 0.717) is 6.42 Å². The highest BCUT2D eigenvalue weighted by molar-refractivity contribution is 5.58. The maximum atomic E-state index is 10.7. The number of benzene rings is 2. The first kappa shape index (κ1) is 14.3. The van der Waals surface area contributed by atoms with Crippen molar-refractivity contribution in [2.45, 2.75) is 34.1 Å². The minimum atomic E-state index is 0.460. The molecule has 0 radical (unpaired) electrons. The van der Waals surface area contributed by atoms with Gasteiger partial charge in [0.1, 0.15) is 17.8 Å². The Hall–Kier alpha value is -2.09. The van der Waals surface area contributed by atoms with Gasteiger partial charge in [0.25, 0.3) is 0 Å². The van der Waals surface area contributed by atoms with E-state index >= 15 is 0 Å². The van der Waals surface area contributed by atoms with E-state index in [0.717, 1.165) is 34.5 Å². The molecule has 2 nitrogen and oxygen atoms in total. The van der Waals surface area contributed by atoms with E-state index in [9.17, 15) is 4.79 Å². The summed E-state index contributed by atoms with van der Waals surface area (Å²) in [4.78, 5) is 10.7. The van der Waals surface area contributed by atoms with Crippen molar-refractivity contribution in [3.63, 3.8) is 0 Å². The van der Waals surface area contributed by atoms with Crippen LogP contribution in [0, 0.1) is 27.7 Å². The Kier molecular flexibility index (Phi) is 4.23. The molecule has 0 fully saturated rings. The lowest BCUT2D eigenvalue weighted by atomic mass is 10.00. The molecule has 0 aliphatic carbocycles. The molecule has 2 aromatic carbocycles. The van der Waals surface area contributed by atoms with Gasteiger partial charge in [0.15, 0.2) is 0 Å². The van der Waals surface area contributed by atoms with Crippen LogP contribution in [0.1, 0.15) is 27.8 Å². The summed E-state index contributed by atoms with van der Waals surface area (Å²) in [7, 11) is 0. The summed E-state index contributed by atoms with van der Waals surface area (Å²) >= 11 is 0. The van der Waals surface area contributed by atoms with E-state index in [2.05, 4.69) is 19.9 Å². The second-order valence-electron chi connectivity index (χ2n) is 5.33. The maximum Gasteiger partial charge on any atom is 0.127 e. The van der Waals surface area contributed by atoms with Crippen LogP contribution in [0.3, 0.4) is 0 Å². The maximum absolute atomic E-state index is 10.7. The van der Waals surface area contributed by atoms with Gasteiger partial charge in [-0.15, -0.1) is 0 Å². The monoisotopic (exact) mass is 268 g/mol. The number of aldehydes is 1. The topological polar surface area (TPSA) is 26.3 Å². The summed E-state index contributed by atoms with van der Waals surface area (Å²) in [5.74, 6) is 1.67. The lowest BCUT2D eigenvalue weighted by Gasteiger charge is -2.12. The van der Waals surface area contributed by atoms with Gasteiger partial charge < -0.3 is 9.53 Å². The average Bonchev–Trinajstić information content (AvgIpc) is 2.32. The first-order chi connectivity index (χ1) is 9.49. The van der Waals surface area contributed by atoms with Gasteiger partial charge in [-0.2, -0.15) is 0 Å². The fourth-order valence-corrected chi connectivity index (χ4v) is 2.55. The third-order valence-corrected chi connectivity index (χ3v) is 3.39. The van der Waals surface area contributed by atoms with Crippen molar-refractivity contribution < 1.29 is 9.53 Å². The first-order valence-corrected chi connectivity index (χ1v) is 6.79. The van der Waals surface area contributed by atoms with Crippen LogP contribution in [-0.4, -0.2) is 6.29 Å². The molecule has 0 heterocycles. The lowest BCUT2D eigenvalue weighted by molar-refractivity contribution is -0.107. The zero-order valence-corrected chi connectivity index (χ0v) is 12.5. The van der Waals surface area contributed by atoms with Crippen molar-refractivity contribution in [3.8, 4) is 11.5 Å². The van der Waals surface area contributed by atoms with Crippen LogP contribution >= 0.6 is 0 Å². The molecule has 0 N–H and O–H groups in total. The molecule has 2 heteroatoms. The molecule has 0 unspecified atom stereocenters. The highest BCUT2D eigenvalue weighted by atomic mass is 16.5. The Morgan fingerprint density at radius 3 is 1.85 bits per heavy atom. The van der Waals surface area contributed by atoms with Gasteiger partial charge in [0.05, 0.1) is 0 Å². The molecule has 0 spiro atoms. The Bertz CT molecular complexity index is 599. The van der Waals surface area contributed by atoms with E-state index in [1.807, 2.05) is 38.1 Å². The van der Waals surface area contributed by atoms with Gasteiger partial charge in [-0.25, -0.2) is 0 Å². The molecule has 2 aromatic rings. The predicted octanol–water partition coefficient (Wildman–Crippen LogP) is 4.45. The zero-order chi connectivity index (χ0) is 14.7. The Morgan fingerprint density at radius 2 is 1.35 bits per heavy atom. The van der Waals surface area contributed by atoms with E-state index < -0.39 is 0 Å². The highest BCUT2D eigenvalue weighted by Gasteiger charge is 2.07. The van der Waals surface area contributed by atoms with Crippen molar-refractivity contribution in [1.29, 1.82) is 0 Å². The largest absolute Gasteiger partial charge is 0.457 e. The van der Waals surface area contributed by atoms with Crippen LogP contribution in [-0.2, 0) is 11.2 Å². The number of rotatable bonds is 4. The molecule has 0 amide bonds. The SMILES string of the molecule is Cc1cc(C)cc(Oc2cc(C)c(CC=O)c(C)c2)c1. The first-order valence-electron chi connectivity index (χ1n) is 6.79. The van der Waals surface area contributed by atoms with Crippen molar-refractivity contribution in [2.75, 3.05) is 0 Å². The van der Waals surface area contributed by atoms with E-state index in [-0.39, 0.29) is 0 Å². The van der Waals surface area contributed by atoms with Crippen LogP contribution in [0.5, 0.6) is 11.5 Å². The van der Waals surface area contributed by atoms with Crippen molar-refractivity contribution in [3.05, 3.63) is 58.1 Å². The smallest absolute Gasteiger partial charge is 0.127 e. The zero-order valence-electron chi connectivity index (χ0n) is 12.5. The van der Waals surface area contributed by atoms with Crippen molar-refractivity contribution in [2.24, 2.45) is 0 Å². The van der Waals surface area contributed by atoms with Gasteiger partial charge in [-0.3, -0.25) is 0 Å². The number of carbonyl (C=O) groups is 1. The van der Waals surface area contributed by atoms with Crippen molar-refractivity contribution in [1.82, 2.24) is 0 Å². The Morgan fingerprint density at radius 1 is 0.850 bits per heavy atom.